The van der Waals surface area contributed by atoms with Crippen LogP contribution in [0.3, 0.4) is 0 Å². The Morgan fingerprint density at radius 1 is 1.48 bits per heavy atom. The molecule has 9 heteroatoms. The monoisotopic (exact) mass is 338 g/mol. The van der Waals surface area contributed by atoms with E-state index in [1.807, 2.05) is 0 Å². The number of nitrogens with zero attached hydrogens (tertiary/aromatic N) is 1. The fraction of sp³-hybridized carbons (Fsp3) is 0.357. The Balaban J connectivity index is 2.25. The zero-order chi connectivity index (χ0) is 17.1. The quantitative estimate of drug-likeness (QED) is 0.362. The lowest BCUT2D eigenvalue weighted by molar-refractivity contribution is -0.388. The molecule has 8 nitrogen and oxygen atoms in total. The molecule has 1 heterocycles. The summed E-state index contributed by atoms with van der Waals surface area (Å²) in [5.41, 5.74) is -0.507. The topological polar surface area (TPSA) is 127 Å². The normalized spacial score (nSPS) is 17.7. The smallest absolute Gasteiger partial charge is 0.343 e. The number of thioether (sulfide) groups is 1. The van der Waals surface area contributed by atoms with E-state index in [-0.39, 0.29) is 28.5 Å². The molecule has 0 aliphatic carbocycles. The van der Waals surface area contributed by atoms with Crippen LogP contribution in [0.5, 0.6) is 0 Å². The van der Waals surface area contributed by atoms with Crippen molar-refractivity contribution in [2.24, 2.45) is 5.92 Å². The van der Waals surface area contributed by atoms with E-state index in [1.54, 1.807) is 0 Å². The summed E-state index contributed by atoms with van der Waals surface area (Å²) in [4.78, 5) is 44.8. The molecule has 1 saturated heterocycles. The average molecular weight is 338 g/mol. The summed E-state index contributed by atoms with van der Waals surface area (Å²) >= 11 is 1.05. The summed E-state index contributed by atoms with van der Waals surface area (Å²) in [6.07, 6.45) is 0.608. The second-order valence-corrected chi connectivity index (χ2v) is 6.19. The minimum absolute atomic E-state index is 0.197. The van der Waals surface area contributed by atoms with Crippen molar-refractivity contribution < 1.29 is 24.4 Å². The predicted octanol–water partition coefficient (Wildman–Crippen LogP) is 1.75. The number of amides is 2. The SMILES string of the molecule is Cc1ccc(SCC2CCC(=O)NC2=O)c([N+](=O)[O-])c1C(=O)O. The summed E-state index contributed by atoms with van der Waals surface area (Å²) < 4.78 is 0. The number of piperidine rings is 1. The van der Waals surface area contributed by atoms with Crippen LogP contribution in [0, 0.1) is 23.0 Å². The van der Waals surface area contributed by atoms with Gasteiger partial charge in [0, 0.05) is 18.1 Å². The predicted molar refractivity (Wildman–Crippen MR) is 81.4 cm³/mol. The van der Waals surface area contributed by atoms with E-state index in [1.165, 1.54) is 19.1 Å². The molecule has 1 aliphatic heterocycles. The van der Waals surface area contributed by atoms with Crippen LogP contribution in [-0.4, -0.2) is 33.6 Å². The lowest BCUT2D eigenvalue weighted by atomic mass is 10.0. The van der Waals surface area contributed by atoms with Crippen LogP contribution in [0.2, 0.25) is 0 Å². The van der Waals surface area contributed by atoms with Crippen molar-refractivity contribution in [3.63, 3.8) is 0 Å². The summed E-state index contributed by atoms with van der Waals surface area (Å²) in [6, 6.07) is 2.99. The zero-order valence-electron chi connectivity index (χ0n) is 12.2. The first-order valence-electron chi connectivity index (χ1n) is 6.79. The third-order valence-electron chi connectivity index (χ3n) is 3.54. The first kappa shape index (κ1) is 16.9. The molecular formula is C14H14N2O6S. The first-order chi connectivity index (χ1) is 10.8. The minimum Gasteiger partial charge on any atom is -0.477 e. The van der Waals surface area contributed by atoms with E-state index >= 15 is 0 Å². The number of carbonyl (C=O) groups excluding carboxylic acids is 2. The van der Waals surface area contributed by atoms with E-state index < -0.39 is 28.4 Å². The zero-order valence-corrected chi connectivity index (χ0v) is 13.0. The number of carbonyl (C=O) groups is 3. The number of carboxylic acids is 1. The number of aryl methyl sites for hydroxylation is 1. The fourth-order valence-corrected chi connectivity index (χ4v) is 3.50. The van der Waals surface area contributed by atoms with Crippen molar-refractivity contribution in [3.8, 4) is 0 Å². The number of hydrogen-bond acceptors (Lipinski definition) is 6. The maximum Gasteiger partial charge on any atom is 0.343 e. The molecular weight excluding hydrogens is 324 g/mol. The van der Waals surface area contributed by atoms with E-state index in [0.29, 0.717) is 12.0 Å². The van der Waals surface area contributed by atoms with Gasteiger partial charge in [-0.25, -0.2) is 4.79 Å². The Morgan fingerprint density at radius 3 is 2.74 bits per heavy atom. The Bertz CT molecular complexity index is 703. The van der Waals surface area contributed by atoms with Gasteiger partial charge in [0.1, 0.15) is 5.56 Å². The molecule has 0 spiro atoms. The number of nitro groups is 1. The van der Waals surface area contributed by atoms with Gasteiger partial charge in [0.05, 0.1) is 9.82 Å². The second kappa shape index (κ2) is 6.78. The molecule has 0 saturated carbocycles. The van der Waals surface area contributed by atoms with Crippen molar-refractivity contribution in [2.75, 3.05) is 5.75 Å². The Morgan fingerprint density at radius 2 is 2.17 bits per heavy atom. The highest BCUT2D eigenvalue weighted by molar-refractivity contribution is 7.99. The van der Waals surface area contributed by atoms with Crippen LogP contribution in [0.15, 0.2) is 17.0 Å². The van der Waals surface area contributed by atoms with Crippen LogP contribution < -0.4 is 5.32 Å². The molecule has 0 aromatic heterocycles. The standard InChI is InChI=1S/C14H14N2O6S/c1-7-2-4-9(12(16(21)22)11(7)14(19)20)23-6-8-3-5-10(17)15-13(8)18/h2,4,8H,3,5-6H2,1H3,(H,19,20)(H,15,17,18). The number of rotatable bonds is 5. The Hall–Kier alpha value is -2.42. The average Bonchev–Trinajstić information content (AvgIpc) is 2.46. The first-order valence-corrected chi connectivity index (χ1v) is 7.77. The number of aromatic carboxylic acids is 1. The highest BCUT2D eigenvalue weighted by Crippen LogP contribution is 2.36. The van der Waals surface area contributed by atoms with Crippen molar-refractivity contribution in [3.05, 3.63) is 33.4 Å². The van der Waals surface area contributed by atoms with E-state index in [9.17, 15) is 29.6 Å². The Labute approximate surface area is 135 Å². The van der Waals surface area contributed by atoms with E-state index in [0.717, 1.165) is 11.8 Å². The van der Waals surface area contributed by atoms with Gasteiger partial charge >= 0.3 is 5.97 Å². The van der Waals surface area contributed by atoms with E-state index in [4.69, 9.17) is 0 Å². The molecule has 1 atom stereocenters. The third-order valence-corrected chi connectivity index (χ3v) is 4.75. The molecule has 1 aromatic carbocycles. The summed E-state index contributed by atoms with van der Waals surface area (Å²) in [5, 5.41) is 22.7. The summed E-state index contributed by atoms with van der Waals surface area (Å²) in [5.74, 6) is -2.29. The molecule has 2 rings (SSSR count). The van der Waals surface area contributed by atoms with Crippen molar-refractivity contribution >= 4 is 35.2 Å². The van der Waals surface area contributed by atoms with Gasteiger partial charge in [0.15, 0.2) is 0 Å². The van der Waals surface area contributed by atoms with Crippen LogP contribution in [0.4, 0.5) is 5.69 Å². The largest absolute Gasteiger partial charge is 0.477 e. The lowest BCUT2D eigenvalue weighted by Crippen LogP contribution is -2.41. The van der Waals surface area contributed by atoms with Gasteiger partial charge in [0.2, 0.25) is 11.8 Å². The second-order valence-electron chi connectivity index (χ2n) is 5.13. The van der Waals surface area contributed by atoms with Gasteiger partial charge in [0.25, 0.3) is 5.69 Å². The molecule has 0 bridgehead atoms. The van der Waals surface area contributed by atoms with Gasteiger partial charge in [-0.15, -0.1) is 11.8 Å². The number of benzene rings is 1. The molecule has 122 valence electrons. The fourth-order valence-electron chi connectivity index (χ4n) is 2.33. The lowest BCUT2D eigenvalue weighted by Gasteiger charge is -2.20. The molecule has 1 unspecified atom stereocenters. The Kier molecular flexibility index (Phi) is 4.99. The minimum atomic E-state index is -1.36. The molecule has 1 aliphatic rings. The maximum atomic E-state index is 11.7. The van der Waals surface area contributed by atoms with Gasteiger partial charge < -0.3 is 5.11 Å². The van der Waals surface area contributed by atoms with Crippen LogP contribution in [-0.2, 0) is 9.59 Å². The molecule has 2 amide bonds. The van der Waals surface area contributed by atoms with Crippen LogP contribution >= 0.6 is 11.8 Å². The molecule has 23 heavy (non-hydrogen) atoms. The van der Waals surface area contributed by atoms with Crippen molar-refractivity contribution in [2.45, 2.75) is 24.7 Å². The number of carboxylic acid groups (broad SMARTS) is 1. The highest BCUT2D eigenvalue weighted by Gasteiger charge is 2.30. The number of nitrogens with one attached hydrogen (secondary N) is 1. The highest BCUT2D eigenvalue weighted by atomic mass is 32.2. The molecule has 0 radical (unpaired) electrons. The summed E-state index contributed by atoms with van der Waals surface area (Å²) in [6.45, 7) is 1.49. The van der Waals surface area contributed by atoms with Crippen LogP contribution in [0.25, 0.3) is 0 Å². The maximum absolute atomic E-state index is 11.7. The van der Waals surface area contributed by atoms with Crippen LogP contribution in [0.1, 0.15) is 28.8 Å². The third kappa shape index (κ3) is 3.67. The van der Waals surface area contributed by atoms with E-state index in [2.05, 4.69) is 5.32 Å². The van der Waals surface area contributed by atoms with Crippen molar-refractivity contribution in [1.29, 1.82) is 0 Å². The van der Waals surface area contributed by atoms with Gasteiger partial charge in [-0.2, -0.15) is 0 Å². The number of imide groups is 1. The number of hydrogen-bond donors (Lipinski definition) is 2. The van der Waals surface area contributed by atoms with Gasteiger partial charge in [-0.1, -0.05) is 6.07 Å². The van der Waals surface area contributed by atoms with Gasteiger partial charge in [-0.3, -0.25) is 25.0 Å². The van der Waals surface area contributed by atoms with Gasteiger partial charge in [-0.05, 0) is 25.0 Å². The molecule has 1 fully saturated rings. The molecule has 2 N–H and O–H groups in total. The summed E-state index contributed by atoms with van der Waals surface area (Å²) in [7, 11) is 0. The van der Waals surface area contributed by atoms with Crippen molar-refractivity contribution in [1.82, 2.24) is 5.32 Å². The number of nitro benzene ring substituents is 1. The molecule has 1 aromatic rings.